The van der Waals surface area contributed by atoms with Gasteiger partial charge in [-0.2, -0.15) is 0 Å². The molecule has 168 valence electrons. The summed E-state index contributed by atoms with van der Waals surface area (Å²) in [5.74, 6) is -0.614. The fourth-order valence-corrected chi connectivity index (χ4v) is 3.98. The molecule has 0 aromatic heterocycles. The van der Waals surface area contributed by atoms with E-state index in [1.807, 2.05) is 31.2 Å². The molecule has 1 atom stereocenters. The molecule has 1 saturated heterocycles. The lowest BCUT2D eigenvalue weighted by Gasteiger charge is -2.28. The first-order valence-corrected chi connectivity index (χ1v) is 10.9. The van der Waals surface area contributed by atoms with Gasteiger partial charge in [-0.05, 0) is 55.0 Å². The lowest BCUT2D eigenvalue weighted by molar-refractivity contribution is -0.122. The van der Waals surface area contributed by atoms with Crippen LogP contribution in [0.25, 0.3) is 0 Å². The van der Waals surface area contributed by atoms with E-state index in [0.29, 0.717) is 22.0 Å². The lowest BCUT2D eigenvalue weighted by atomic mass is 10.1. The first kappa shape index (κ1) is 22.6. The summed E-state index contributed by atoms with van der Waals surface area (Å²) < 4.78 is 5.25. The summed E-state index contributed by atoms with van der Waals surface area (Å²) >= 11 is 5.95. The largest absolute Gasteiger partial charge is 0.497 e. The van der Waals surface area contributed by atoms with Crippen molar-refractivity contribution in [1.29, 1.82) is 0 Å². The fraction of sp³-hybridized carbons (Fsp3) is 0.192. The van der Waals surface area contributed by atoms with Gasteiger partial charge in [-0.15, -0.1) is 0 Å². The zero-order valence-corrected chi connectivity index (χ0v) is 19.1. The maximum absolute atomic E-state index is 13.6. The SMILES string of the molecule is COc1cccc(C(=O)N(Cc2ccc(C)cc2)C2CC(=O)N(c3ccc(Cl)cc3)C2=O)c1. The summed E-state index contributed by atoms with van der Waals surface area (Å²) in [5.41, 5.74) is 2.76. The Hall–Kier alpha value is -3.64. The van der Waals surface area contributed by atoms with Gasteiger partial charge in [-0.3, -0.25) is 14.4 Å². The summed E-state index contributed by atoms with van der Waals surface area (Å²) in [7, 11) is 1.52. The monoisotopic (exact) mass is 462 g/mol. The second-order valence-corrected chi connectivity index (χ2v) is 8.35. The van der Waals surface area contributed by atoms with Crippen molar-refractivity contribution in [3.8, 4) is 5.75 Å². The van der Waals surface area contributed by atoms with Crippen molar-refractivity contribution in [1.82, 2.24) is 4.90 Å². The Morgan fingerprint density at radius 1 is 1.06 bits per heavy atom. The number of carbonyl (C=O) groups excluding carboxylic acids is 3. The second kappa shape index (κ2) is 9.46. The maximum atomic E-state index is 13.6. The Bertz CT molecular complexity index is 1190. The van der Waals surface area contributed by atoms with Crippen LogP contribution in [0.4, 0.5) is 5.69 Å². The number of rotatable bonds is 6. The van der Waals surface area contributed by atoms with Gasteiger partial charge < -0.3 is 9.64 Å². The molecule has 6 nitrogen and oxygen atoms in total. The second-order valence-electron chi connectivity index (χ2n) is 7.91. The van der Waals surface area contributed by atoms with Crippen LogP contribution in [-0.4, -0.2) is 35.8 Å². The topological polar surface area (TPSA) is 66.9 Å². The molecular weight excluding hydrogens is 440 g/mol. The van der Waals surface area contributed by atoms with E-state index < -0.39 is 11.9 Å². The smallest absolute Gasteiger partial charge is 0.257 e. The zero-order chi connectivity index (χ0) is 23.5. The first-order chi connectivity index (χ1) is 15.9. The molecule has 0 spiro atoms. The average Bonchev–Trinajstić information content (AvgIpc) is 3.12. The molecule has 1 heterocycles. The van der Waals surface area contributed by atoms with Crippen LogP contribution in [0.15, 0.2) is 72.8 Å². The van der Waals surface area contributed by atoms with Gasteiger partial charge >= 0.3 is 0 Å². The van der Waals surface area contributed by atoms with E-state index in [1.165, 1.54) is 12.0 Å². The quantitative estimate of drug-likeness (QED) is 0.501. The van der Waals surface area contributed by atoms with Crippen molar-refractivity contribution in [3.05, 3.63) is 94.5 Å². The van der Waals surface area contributed by atoms with E-state index in [0.717, 1.165) is 16.0 Å². The summed E-state index contributed by atoms with van der Waals surface area (Å²) in [6, 6.07) is 20.1. The molecule has 1 aliphatic rings. The van der Waals surface area contributed by atoms with Crippen LogP contribution >= 0.6 is 11.6 Å². The molecule has 4 rings (SSSR count). The number of hydrogen-bond acceptors (Lipinski definition) is 4. The number of methoxy groups -OCH3 is 1. The highest BCUT2D eigenvalue weighted by molar-refractivity contribution is 6.31. The van der Waals surface area contributed by atoms with Gasteiger partial charge in [0.15, 0.2) is 0 Å². The maximum Gasteiger partial charge on any atom is 0.257 e. The van der Waals surface area contributed by atoms with Gasteiger partial charge in [0.05, 0.1) is 19.2 Å². The molecule has 1 aliphatic heterocycles. The molecule has 3 amide bonds. The molecule has 0 bridgehead atoms. The number of amides is 3. The van der Waals surface area contributed by atoms with Gasteiger partial charge in [0.2, 0.25) is 5.91 Å². The van der Waals surface area contributed by atoms with Gasteiger partial charge in [0.25, 0.3) is 11.8 Å². The number of halogens is 1. The molecule has 0 saturated carbocycles. The number of nitrogens with zero attached hydrogens (tertiary/aromatic N) is 2. The number of imide groups is 1. The highest BCUT2D eigenvalue weighted by Gasteiger charge is 2.44. The molecule has 3 aromatic carbocycles. The fourth-order valence-electron chi connectivity index (χ4n) is 3.86. The number of anilines is 1. The minimum absolute atomic E-state index is 0.0942. The minimum atomic E-state index is -0.923. The number of ether oxygens (including phenoxy) is 1. The predicted molar refractivity (Wildman–Crippen MR) is 126 cm³/mol. The molecule has 0 aliphatic carbocycles. The number of carbonyl (C=O) groups is 3. The van der Waals surface area contributed by atoms with Crippen molar-refractivity contribution in [2.75, 3.05) is 12.0 Å². The van der Waals surface area contributed by atoms with E-state index in [4.69, 9.17) is 16.3 Å². The number of aryl methyl sites for hydroxylation is 1. The molecule has 7 heteroatoms. The van der Waals surface area contributed by atoms with Crippen molar-refractivity contribution in [3.63, 3.8) is 0 Å². The van der Waals surface area contributed by atoms with Crippen LogP contribution in [0, 0.1) is 6.92 Å². The molecule has 1 fully saturated rings. The summed E-state index contributed by atoms with van der Waals surface area (Å²) in [6.07, 6.45) is -0.0942. The minimum Gasteiger partial charge on any atom is -0.497 e. The Labute approximate surface area is 197 Å². The van der Waals surface area contributed by atoms with Crippen LogP contribution in [0.3, 0.4) is 0 Å². The van der Waals surface area contributed by atoms with E-state index in [-0.39, 0.29) is 24.8 Å². The van der Waals surface area contributed by atoms with Crippen molar-refractivity contribution in [2.24, 2.45) is 0 Å². The molecule has 33 heavy (non-hydrogen) atoms. The van der Waals surface area contributed by atoms with Gasteiger partial charge in [0.1, 0.15) is 11.8 Å². The third-order valence-electron chi connectivity index (χ3n) is 5.63. The molecule has 1 unspecified atom stereocenters. The van der Waals surface area contributed by atoms with Crippen LogP contribution in [0.2, 0.25) is 5.02 Å². The van der Waals surface area contributed by atoms with Crippen molar-refractivity contribution < 1.29 is 19.1 Å². The van der Waals surface area contributed by atoms with E-state index >= 15 is 0 Å². The lowest BCUT2D eigenvalue weighted by Crippen LogP contribution is -2.45. The highest BCUT2D eigenvalue weighted by atomic mass is 35.5. The third-order valence-corrected chi connectivity index (χ3v) is 5.89. The molecular formula is C26H23ClN2O4. The Morgan fingerprint density at radius 3 is 2.42 bits per heavy atom. The molecule has 0 radical (unpaired) electrons. The van der Waals surface area contributed by atoms with Gasteiger partial charge in [0, 0.05) is 17.1 Å². The third kappa shape index (κ3) is 4.76. The van der Waals surface area contributed by atoms with Crippen LogP contribution < -0.4 is 9.64 Å². The number of benzene rings is 3. The summed E-state index contributed by atoms with van der Waals surface area (Å²) in [6.45, 7) is 2.17. The highest BCUT2D eigenvalue weighted by Crippen LogP contribution is 2.29. The number of hydrogen-bond donors (Lipinski definition) is 0. The van der Waals surface area contributed by atoms with E-state index in [2.05, 4.69) is 0 Å². The Kier molecular flexibility index (Phi) is 6.47. The molecule has 3 aromatic rings. The van der Waals surface area contributed by atoms with Gasteiger partial charge in [-0.25, -0.2) is 4.90 Å². The Morgan fingerprint density at radius 2 is 1.76 bits per heavy atom. The summed E-state index contributed by atoms with van der Waals surface area (Å²) in [5, 5.41) is 0.503. The average molecular weight is 463 g/mol. The standard InChI is InChI=1S/C26H23ClN2O4/c1-17-6-8-18(9-7-17)16-28(25(31)19-4-3-5-22(14-19)33-2)23-15-24(30)29(26(23)32)21-12-10-20(27)11-13-21/h3-14,23H,15-16H2,1-2H3. The van der Waals surface area contributed by atoms with Crippen LogP contribution in [0.5, 0.6) is 5.75 Å². The first-order valence-electron chi connectivity index (χ1n) is 10.5. The van der Waals surface area contributed by atoms with Gasteiger partial charge in [-0.1, -0.05) is 47.5 Å². The zero-order valence-electron chi connectivity index (χ0n) is 18.3. The molecule has 0 N–H and O–H groups in total. The van der Waals surface area contributed by atoms with E-state index in [9.17, 15) is 14.4 Å². The van der Waals surface area contributed by atoms with Crippen molar-refractivity contribution in [2.45, 2.75) is 25.9 Å². The summed E-state index contributed by atoms with van der Waals surface area (Å²) in [4.78, 5) is 42.4. The predicted octanol–water partition coefficient (Wildman–Crippen LogP) is 4.63. The van der Waals surface area contributed by atoms with E-state index in [1.54, 1.807) is 48.5 Å². The van der Waals surface area contributed by atoms with Crippen LogP contribution in [-0.2, 0) is 16.1 Å². The van der Waals surface area contributed by atoms with Crippen LogP contribution in [0.1, 0.15) is 27.9 Å². The normalized spacial score (nSPS) is 15.6. The Balaban J connectivity index is 1.69. The van der Waals surface area contributed by atoms with Crippen molar-refractivity contribution >= 4 is 35.0 Å².